The lowest BCUT2D eigenvalue weighted by Crippen LogP contribution is -2.37. The van der Waals surface area contributed by atoms with Crippen LogP contribution in [0.15, 0.2) is 48.5 Å². The lowest BCUT2D eigenvalue weighted by atomic mass is 10.2. The van der Waals surface area contributed by atoms with Gasteiger partial charge in [-0.3, -0.25) is 14.9 Å². The SMILES string of the molecule is CCC(Oc1ccc(C)c([N+](=O)[O-])c1)C(=O)NCc1ccccc1. The third-order valence-corrected chi connectivity index (χ3v) is 3.63. The highest BCUT2D eigenvalue weighted by Crippen LogP contribution is 2.25. The van der Waals surface area contributed by atoms with Gasteiger partial charge in [0.25, 0.3) is 11.6 Å². The van der Waals surface area contributed by atoms with E-state index in [2.05, 4.69) is 5.32 Å². The summed E-state index contributed by atoms with van der Waals surface area (Å²) in [5.74, 6) is 0.0681. The van der Waals surface area contributed by atoms with Crippen molar-refractivity contribution in [3.63, 3.8) is 0 Å². The molecule has 126 valence electrons. The second-order valence-electron chi connectivity index (χ2n) is 5.42. The molecular weight excluding hydrogens is 308 g/mol. The third-order valence-electron chi connectivity index (χ3n) is 3.63. The molecule has 1 N–H and O–H groups in total. The van der Waals surface area contributed by atoms with Gasteiger partial charge in [-0.15, -0.1) is 0 Å². The molecule has 0 spiro atoms. The summed E-state index contributed by atoms with van der Waals surface area (Å²) in [7, 11) is 0. The van der Waals surface area contributed by atoms with E-state index in [9.17, 15) is 14.9 Å². The van der Waals surface area contributed by atoms with Gasteiger partial charge in [-0.05, 0) is 31.0 Å². The number of nitrogens with zero attached hydrogens (tertiary/aromatic N) is 1. The van der Waals surface area contributed by atoms with Crippen LogP contribution in [0.3, 0.4) is 0 Å². The molecule has 0 radical (unpaired) electrons. The molecule has 6 nitrogen and oxygen atoms in total. The molecule has 0 aromatic heterocycles. The lowest BCUT2D eigenvalue weighted by molar-refractivity contribution is -0.385. The van der Waals surface area contributed by atoms with Crippen LogP contribution in [-0.2, 0) is 11.3 Å². The van der Waals surface area contributed by atoms with Crippen molar-refractivity contribution in [2.75, 3.05) is 0 Å². The average molecular weight is 328 g/mol. The highest BCUT2D eigenvalue weighted by molar-refractivity contribution is 5.81. The Morgan fingerprint density at radius 3 is 2.58 bits per heavy atom. The van der Waals surface area contributed by atoms with E-state index in [1.165, 1.54) is 6.07 Å². The lowest BCUT2D eigenvalue weighted by Gasteiger charge is -2.17. The maximum atomic E-state index is 12.3. The van der Waals surface area contributed by atoms with Crippen molar-refractivity contribution < 1.29 is 14.5 Å². The fourth-order valence-electron chi connectivity index (χ4n) is 2.24. The van der Waals surface area contributed by atoms with Gasteiger partial charge in [0.1, 0.15) is 5.75 Å². The highest BCUT2D eigenvalue weighted by Gasteiger charge is 2.20. The van der Waals surface area contributed by atoms with Crippen molar-refractivity contribution >= 4 is 11.6 Å². The monoisotopic (exact) mass is 328 g/mol. The van der Waals surface area contributed by atoms with Gasteiger partial charge in [-0.1, -0.05) is 37.3 Å². The van der Waals surface area contributed by atoms with Crippen molar-refractivity contribution in [3.05, 3.63) is 69.8 Å². The maximum Gasteiger partial charge on any atom is 0.276 e. The molecule has 0 fully saturated rings. The number of hydrogen-bond donors (Lipinski definition) is 1. The molecular formula is C18H20N2O4. The molecule has 6 heteroatoms. The molecule has 0 bridgehead atoms. The quantitative estimate of drug-likeness (QED) is 0.624. The van der Waals surface area contributed by atoms with Crippen LogP contribution >= 0.6 is 0 Å². The van der Waals surface area contributed by atoms with E-state index in [1.807, 2.05) is 37.3 Å². The van der Waals surface area contributed by atoms with Crippen LogP contribution in [0.2, 0.25) is 0 Å². The topological polar surface area (TPSA) is 81.5 Å². The molecule has 0 aliphatic rings. The molecule has 0 heterocycles. The van der Waals surface area contributed by atoms with Gasteiger partial charge in [0, 0.05) is 12.1 Å². The molecule has 2 aromatic rings. The smallest absolute Gasteiger partial charge is 0.276 e. The van der Waals surface area contributed by atoms with Gasteiger partial charge in [-0.2, -0.15) is 0 Å². The number of carbonyl (C=O) groups excluding carboxylic acids is 1. The Labute approximate surface area is 140 Å². The van der Waals surface area contributed by atoms with Gasteiger partial charge < -0.3 is 10.1 Å². The molecule has 0 saturated carbocycles. The van der Waals surface area contributed by atoms with Gasteiger partial charge >= 0.3 is 0 Å². The summed E-state index contributed by atoms with van der Waals surface area (Å²) in [5, 5.41) is 13.8. The summed E-state index contributed by atoms with van der Waals surface area (Å²) < 4.78 is 5.64. The Kier molecular flexibility index (Phi) is 5.89. The van der Waals surface area contributed by atoms with Crippen molar-refractivity contribution in [1.29, 1.82) is 0 Å². The number of aryl methyl sites for hydroxylation is 1. The largest absolute Gasteiger partial charge is 0.480 e. The zero-order chi connectivity index (χ0) is 17.5. The summed E-state index contributed by atoms with van der Waals surface area (Å²) in [6, 6.07) is 14.2. The molecule has 1 atom stereocenters. The minimum absolute atomic E-state index is 0.0213. The van der Waals surface area contributed by atoms with Crippen molar-refractivity contribution in [1.82, 2.24) is 5.32 Å². The predicted molar refractivity (Wildman–Crippen MR) is 90.8 cm³/mol. The number of nitro benzene ring substituents is 1. The van der Waals surface area contributed by atoms with E-state index in [0.717, 1.165) is 5.56 Å². The summed E-state index contributed by atoms with van der Waals surface area (Å²) in [4.78, 5) is 22.8. The van der Waals surface area contributed by atoms with Crippen LogP contribution in [0.25, 0.3) is 0 Å². The van der Waals surface area contributed by atoms with E-state index >= 15 is 0 Å². The molecule has 2 rings (SSSR count). The van der Waals surface area contributed by atoms with Crippen LogP contribution in [0, 0.1) is 17.0 Å². The molecule has 1 amide bonds. The molecule has 0 aliphatic carbocycles. The molecule has 0 saturated heterocycles. The van der Waals surface area contributed by atoms with E-state index in [4.69, 9.17) is 4.74 Å². The highest BCUT2D eigenvalue weighted by atomic mass is 16.6. The minimum Gasteiger partial charge on any atom is -0.480 e. The Bertz CT molecular complexity index is 716. The number of benzene rings is 2. The number of ether oxygens (including phenoxy) is 1. The number of carbonyl (C=O) groups is 1. The van der Waals surface area contributed by atoms with Crippen LogP contribution in [0.1, 0.15) is 24.5 Å². The fraction of sp³-hybridized carbons (Fsp3) is 0.278. The summed E-state index contributed by atoms with van der Waals surface area (Å²) in [6.07, 6.45) is -0.238. The second-order valence-corrected chi connectivity index (χ2v) is 5.42. The van der Waals surface area contributed by atoms with E-state index in [0.29, 0.717) is 24.3 Å². The third kappa shape index (κ3) is 4.55. The molecule has 2 aromatic carbocycles. The number of nitrogens with one attached hydrogen (secondary N) is 1. The van der Waals surface area contributed by atoms with Gasteiger partial charge in [0.15, 0.2) is 6.10 Å². The van der Waals surface area contributed by atoms with Crippen LogP contribution < -0.4 is 10.1 Å². The van der Waals surface area contributed by atoms with Gasteiger partial charge in [0.2, 0.25) is 0 Å². The predicted octanol–water partition coefficient (Wildman–Crippen LogP) is 3.38. The fourth-order valence-corrected chi connectivity index (χ4v) is 2.24. The van der Waals surface area contributed by atoms with E-state index in [1.54, 1.807) is 19.1 Å². The van der Waals surface area contributed by atoms with Crippen LogP contribution in [0.4, 0.5) is 5.69 Å². The molecule has 24 heavy (non-hydrogen) atoms. The first kappa shape index (κ1) is 17.5. The van der Waals surface area contributed by atoms with Crippen LogP contribution in [-0.4, -0.2) is 16.9 Å². The average Bonchev–Trinajstić information content (AvgIpc) is 2.59. The minimum atomic E-state index is -0.698. The Hall–Kier alpha value is -2.89. The second kappa shape index (κ2) is 8.10. The Morgan fingerprint density at radius 2 is 1.96 bits per heavy atom. The first-order chi connectivity index (χ1) is 11.5. The zero-order valence-electron chi connectivity index (χ0n) is 13.7. The van der Waals surface area contributed by atoms with Crippen molar-refractivity contribution in [2.24, 2.45) is 0 Å². The number of nitro groups is 1. The van der Waals surface area contributed by atoms with Crippen molar-refractivity contribution in [3.8, 4) is 5.75 Å². The summed E-state index contributed by atoms with van der Waals surface area (Å²) >= 11 is 0. The summed E-state index contributed by atoms with van der Waals surface area (Å²) in [6.45, 7) is 3.90. The normalized spacial score (nSPS) is 11.6. The van der Waals surface area contributed by atoms with Gasteiger partial charge in [-0.25, -0.2) is 0 Å². The maximum absolute atomic E-state index is 12.3. The van der Waals surface area contributed by atoms with E-state index < -0.39 is 11.0 Å². The zero-order valence-corrected chi connectivity index (χ0v) is 13.7. The van der Waals surface area contributed by atoms with Crippen molar-refractivity contribution in [2.45, 2.75) is 32.9 Å². The standard InChI is InChI=1S/C18H20N2O4/c1-3-17(18(21)19-12-14-7-5-4-6-8-14)24-15-10-9-13(2)16(11-15)20(22)23/h4-11,17H,3,12H2,1-2H3,(H,19,21). The molecule has 0 aliphatic heterocycles. The number of rotatable bonds is 7. The first-order valence-electron chi connectivity index (χ1n) is 7.74. The molecule has 1 unspecified atom stereocenters. The van der Waals surface area contributed by atoms with E-state index in [-0.39, 0.29) is 11.6 Å². The Balaban J connectivity index is 2.02. The summed E-state index contributed by atoms with van der Waals surface area (Å²) in [5.41, 5.74) is 1.52. The number of hydrogen-bond acceptors (Lipinski definition) is 4. The first-order valence-corrected chi connectivity index (χ1v) is 7.74. The number of amides is 1. The van der Waals surface area contributed by atoms with Gasteiger partial charge in [0.05, 0.1) is 11.0 Å². The Morgan fingerprint density at radius 1 is 1.25 bits per heavy atom. The van der Waals surface area contributed by atoms with Crippen LogP contribution in [0.5, 0.6) is 5.75 Å².